The molecule has 1 unspecified atom stereocenters. The Labute approximate surface area is 107 Å². The highest BCUT2D eigenvalue weighted by Crippen LogP contribution is 2.23. The molecule has 0 aliphatic rings. The number of nitrogens with two attached hydrogens (primary N) is 1. The quantitative estimate of drug-likeness (QED) is 0.761. The average Bonchev–Trinajstić information content (AvgIpc) is 2.37. The van der Waals surface area contributed by atoms with Crippen molar-refractivity contribution in [1.82, 2.24) is 0 Å². The highest BCUT2D eigenvalue weighted by Gasteiger charge is 2.21. The summed E-state index contributed by atoms with van der Waals surface area (Å²) in [4.78, 5) is 0. The minimum Gasteiger partial charge on any atom is -0.494 e. The Morgan fingerprint density at radius 1 is 1.22 bits per heavy atom. The third-order valence-electron chi connectivity index (χ3n) is 2.52. The zero-order valence-corrected chi connectivity index (χ0v) is 11.0. The molecule has 0 aromatic heterocycles. The Hall–Kier alpha value is -1.17. The molecule has 4 nitrogen and oxygen atoms in total. The van der Waals surface area contributed by atoms with Gasteiger partial charge in [-0.3, -0.25) is 0 Å². The van der Waals surface area contributed by atoms with Crippen LogP contribution in [0, 0.1) is 5.82 Å². The Morgan fingerprint density at radius 2 is 1.83 bits per heavy atom. The minimum atomic E-state index is -0.576. The fourth-order valence-corrected chi connectivity index (χ4v) is 1.63. The smallest absolute Gasteiger partial charge is 0.176 e. The molecule has 1 rings (SSSR count). The van der Waals surface area contributed by atoms with Gasteiger partial charge in [0.15, 0.2) is 17.9 Å². The SMILES string of the molecule is CCOC(OCC)C(N)c1ccc(OC)c(F)c1. The van der Waals surface area contributed by atoms with Crippen molar-refractivity contribution >= 4 is 0 Å². The maximum atomic E-state index is 13.6. The van der Waals surface area contributed by atoms with Crippen LogP contribution in [0.4, 0.5) is 4.39 Å². The third-order valence-corrected chi connectivity index (χ3v) is 2.52. The molecule has 0 aliphatic carbocycles. The van der Waals surface area contributed by atoms with Crippen LogP contribution in [0.25, 0.3) is 0 Å². The van der Waals surface area contributed by atoms with Crippen molar-refractivity contribution in [1.29, 1.82) is 0 Å². The van der Waals surface area contributed by atoms with Crippen molar-refractivity contribution in [2.75, 3.05) is 20.3 Å². The molecule has 18 heavy (non-hydrogen) atoms. The van der Waals surface area contributed by atoms with Crippen molar-refractivity contribution in [2.24, 2.45) is 5.73 Å². The van der Waals surface area contributed by atoms with E-state index in [-0.39, 0.29) is 5.75 Å². The molecule has 2 N–H and O–H groups in total. The second kappa shape index (κ2) is 7.31. The number of benzene rings is 1. The monoisotopic (exact) mass is 257 g/mol. The number of rotatable bonds is 7. The summed E-state index contributed by atoms with van der Waals surface area (Å²) >= 11 is 0. The van der Waals surface area contributed by atoms with Gasteiger partial charge >= 0.3 is 0 Å². The fourth-order valence-electron chi connectivity index (χ4n) is 1.63. The number of hydrogen-bond acceptors (Lipinski definition) is 4. The second-order valence-corrected chi connectivity index (χ2v) is 3.70. The third kappa shape index (κ3) is 3.66. The lowest BCUT2D eigenvalue weighted by Crippen LogP contribution is -2.31. The Morgan fingerprint density at radius 3 is 2.28 bits per heavy atom. The lowest BCUT2D eigenvalue weighted by atomic mass is 10.1. The number of ether oxygens (including phenoxy) is 3. The number of methoxy groups -OCH3 is 1. The second-order valence-electron chi connectivity index (χ2n) is 3.70. The van der Waals surface area contributed by atoms with Crippen LogP contribution in [-0.4, -0.2) is 26.6 Å². The molecule has 0 heterocycles. The van der Waals surface area contributed by atoms with E-state index in [4.69, 9.17) is 19.9 Å². The molecular weight excluding hydrogens is 237 g/mol. The van der Waals surface area contributed by atoms with Crippen LogP contribution in [-0.2, 0) is 9.47 Å². The summed E-state index contributed by atoms with van der Waals surface area (Å²) in [7, 11) is 1.42. The summed E-state index contributed by atoms with van der Waals surface area (Å²) in [5, 5.41) is 0. The average molecular weight is 257 g/mol. The van der Waals surface area contributed by atoms with Gasteiger partial charge in [-0.25, -0.2) is 4.39 Å². The van der Waals surface area contributed by atoms with Gasteiger partial charge in [-0.2, -0.15) is 0 Å². The van der Waals surface area contributed by atoms with E-state index in [1.807, 2.05) is 13.8 Å². The zero-order valence-electron chi connectivity index (χ0n) is 11.0. The molecule has 1 aromatic rings. The predicted octanol–water partition coefficient (Wildman–Crippen LogP) is 2.23. The van der Waals surface area contributed by atoms with Crippen LogP contribution in [0.5, 0.6) is 5.75 Å². The topological polar surface area (TPSA) is 53.7 Å². The van der Waals surface area contributed by atoms with Gasteiger partial charge in [0.25, 0.3) is 0 Å². The summed E-state index contributed by atoms with van der Waals surface area (Å²) in [5.74, 6) is -0.257. The molecule has 0 spiro atoms. The molecule has 0 radical (unpaired) electrons. The van der Waals surface area contributed by atoms with E-state index in [0.717, 1.165) is 0 Å². The van der Waals surface area contributed by atoms with Gasteiger partial charge in [0.2, 0.25) is 0 Å². The minimum absolute atomic E-state index is 0.190. The molecule has 0 aliphatic heterocycles. The van der Waals surface area contributed by atoms with Crippen molar-refractivity contribution in [3.63, 3.8) is 0 Å². The molecule has 102 valence electrons. The van der Waals surface area contributed by atoms with Gasteiger partial charge < -0.3 is 19.9 Å². The van der Waals surface area contributed by atoms with Crippen molar-refractivity contribution < 1.29 is 18.6 Å². The first-order valence-electron chi connectivity index (χ1n) is 5.96. The Balaban J connectivity index is 2.86. The summed E-state index contributed by atoms with van der Waals surface area (Å²) in [6.07, 6.45) is -0.576. The normalized spacial score (nSPS) is 12.8. The van der Waals surface area contributed by atoms with Crippen LogP contribution in [0.2, 0.25) is 0 Å². The highest BCUT2D eigenvalue weighted by molar-refractivity contribution is 5.31. The maximum absolute atomic E-state index is 13.6. The summed E-state index contributed by atoms with van der Waals surface area (Å²) < 4.78 is 29.2. The van der Waals surface area contributed by atoms with Crippen molar-refractivity contribution in [3.05, 3.63) is 29.6 Å². The lowest BCUT2D eigenvalue weighted by Gasteiger charge is -2.24. The van der Waals surface area contributed by atoms with E-state index in [1.165, 1.54) is 13.2 Å². The van der Waals surface area contributed by atoms with Crippen LogP contribution >= 0.6 is 0 Å². The standard InChI is InChI=1S/C13H20FNO3/c1-4-17-13(18-5-2)12(15)9-6-7-11(16-3)10(14)8-9/h6-8,12-13H,4-5,15H2,1-3H3. The maximum Gasteiger partial charge on any atom is 0.176 e. The molecule has 1 atom stereocenters. The summed E-state index contributed by atoms with van der Waals surface area (Å²) in [5.41, 5.74) is 6.63. The van der Waals surface area contributed by atoms with E-state index >= 15 is 0 Å². The molecule has 0 amide bonds. The van der Waals surface area contributed by atoms with Gasteiger partial charge in [0.1, 0.15) is 0 Å². The van der Waals surface area contributed by atoms with Crippen LogP contribution < -0.4 is 10.5 Å². The van der Waals surface area contributed by atoms with Gasteiger partial charge in [0.05, 0.1) is 13.2 Å². The molecule has 0 saturated carbocycles. The first-order valence-corrected chi connectivity index (χ1v) is 5.96. The van der Waals surface area contributed by atoms with Crippen LogP contribution in [0.3, 0.4) is 0 Å². The van der Waals surface area contributed by atoms with Crippen molar-refractivity contribution in [3.8, 4) is 5.75 Å². The molecule has 5 heteroatoms. The number of hydrogen-bond donors (Lipinski definition) is 1. The summed E-state index contributed by atoms with van der Waals surface area (Å²) in [6, 6.07) is 4.05. The van der Waals surface area contributed by atoms with Gasteiger partial charge in [-0.15, -0.1) is 0 Å². The molecular formula is C13H20FNO3. The van der Waals surface area contributed by atoms with Gasteiger partial charge in [-0.1, -0.05) is 6.07 Å². The molecule has 0 bridgehead atoms. The van der Waals surface area contributed by atoms with E-state index < -0.39 is 18.1 Å². The van der Waals surface area contributed by atoms with Crippen LogP contribution in [0.15, 0.2) is 18.2 Å². The summed E-state index contributed by atoms with van der Waals surface area (Å²) in [6.45, 7) is 4.68. The van der Waals surface area contributed by atoms with Gasteiger partial charge in [-0.05, 0) is 31.5 Å². The highest BCUT2D eigenvalue weighted by atomic mass is 19.1. The molecule has 0 saturated heterocycles. The Kier molecular flexibility index (Phi) is 6.04. The lowest BCUT2D eigenvalue weighted by molar-refractivity contribution is -0.149. The fraction of sp³-hybridized carbons (Fsp3) is 0.538. The van der Waals surface area contributed by atoms with E-state index in [1.54, 1.807) is 12.1 Å². The number of halogens is 1. The van der Waals surface area contributed by atoms with E-state index in [0.29, 0.717) is 18.8 Å². The van der Waals surface area contributed by atoms with E-state index in [2.05, 4.69) is 0 Å². The van der Waals surface area contributed by atoms with Crippen molar-refractivity contribution in [2.45, 2.75) is 26.2 Å². The zero-order chi connectivity index (χ0) is 13.5. The first kappa shape index (κ1) is 14.9. The first-order chi connectivity index (χ1) is 8.63. The molecule has 0 fully saturated rings. The molecule has 1 aromatic carbocycles. The van der Waals surface area contributed by atoms with Gasteiger partial charge in [0, 0.05) is 13.2 Å². The Bertz CT molecular complexity index is 367. The predicted molar refractivity (Wildman–Crippen MR) is 66.9 cm³/mol. The van der Waals surface area contributed by atoms with Crippen LogP contribution in [0.1, 0.15) is 25.5 Å². The largest absolute Gasteiger partial charge is 0.494 e. The van der Waals surface area contributed by atoms with E-state index in [9.17, 15) is 4.39 Å².